The molecule has 1 aromatic rings. The van der Waals surface area contributed by atoms with Crippen molar-refractivity contribution in [3.8, 4) is 0 Å². The maximum absolute atomic E-state index is 11.3. The lowest BCUT2D eigenvalue weighted by atomic mass is 10.1. The first-order valence-electron chi connectivity index (χ1n) is 3.59. The second-order valence-corrected chi connectivity index (χ2v) is 4.10. The van der Waals surface area contributed by atoms with Crippen LogP contribution in [0.25, 0.3) is 0 Å². The van der Waals surface area contributed by atoms with E-state index in [1.54, 1.807) is 6.07 Å². The van der Waals surface area contributed by atoms with Gasteiger partial charge in [-0.1, -0.05) is 22.6 Å². The van der Waals surface area contributed by atoms with E-state index in [0.717, 1.165) is 0 Å². The van der Waals surface area contributed by atoms with E-state index in [4.69, 9.17) is 0 Å². The molecule has 0 amide bonds. The number of halogens is 2. The van der Waals surface area contributed by atoms with Crippen LogP contribution in [0.5, 0.6) is 0 Å². The van der Waals surface area contributed by atoms with E-state index >= 15 is 0 Å². The molecule has 0 aliphatic heterocycles. The Morgan fingerprint density at radius 3 is 2.71 bits per heavy atom. The van der Waals surface area contributed by atoms with Gasteiger partial charge in [-0.2, -0.15) is 0 Å². The fourth-order valence-electron chi connectivity index (χ4n) is 0.903. The van der Waals surface area contributed by atoms with Crippen molar-refractivity contribution in [2.75, 3.05) is 4.43 Å². The summed E-state index contributed by atoms with van der Waals surface area (Å²) in [5.74, 6) is -0.110. The van der Waals surface area contributed by atoms with Crippen LogP contribution in [0.15, 0.2) is 22.7 Å². The lowest BCUT2D eigenvalue weighted by Crippen LogP contribution is -2.01. The van der Waals surface area contributed by atoms with Crippen LogP contribution >= 0.6 is 38.5 Å². The SMILES string of the molecule is O=C(CI)c1ccc(Br)c([N+](=O)[O-])c1. The van der Waals surface area contributed by atoms with Crippen molar-refractivity contribution in [2.45, 2.75) is 0 Å². The van der Waals surface area contributed by atoms with Gasteiger partial charge in [-0.05, 0) is 28.1 Å². The Morgan fingerprint density at radius 1 is 1.57 bits per heavy atom. The van der Waals surface area contributed by atoms with Crippen LogP contribution in [0.1, 0.15) is 10.4 Å². The second-order valence-electron chi connectivity index (χ2n) is 2.48. The molecule has 74 valence electrons. The van der Waals surface area contributed by atoms with Gasteiger partial charge in [0, 0.05) is 11.6 Å². The van der Waals surface area contributed by atoms with Crippen LogP contribution in [0.4, 0.5) is 5.69 Å². The first-order valence-corrected chi connectivity index (χ1v) is 5.91. The number of carbonyl (C=O) groups is 1. The number of benzene rings is 1. The highest BCUT2D eigenvalue weighted by Gasteiger charge is 2.14. The van der Waals surface area contributed by atoms with Crippen LogP contribution in [-0.4, -0.2) is 15.1 Å². The van der Waals surface area contributed by atoms with Crippen molar-refractivity contribution in [1.29, 1.82) is 0 Å². The summed E-state index contributed by atoms with van der Waals surface area (Å²) in [6.07, 6.45) is 0. The summed E-state index contributed by atoms with van der Waals surface area (Å²) in [4.78, 5) is 21.3. The molecule has 4 nitrogen and oxygen atoms in total. The highest BCUT2D eigenvalue weighted by molar-refractivity contribution is 14.1. The van der Waals surface area contributed by atoms with Gasteiger partial charge >= 0.3 is 0 Å². The fraction of sp³-hybridized carbons (Fsp3) is 0.125. The quantitative estimate of drug-likeness (QED) is 0.270. The fourth-order valence-corrected chi connectivity index (χ4v) is 1.73. The van der Waals surface area contributed by atoms with Gasteiger partial charge in [0.1, 0.15) is 0 Å². The number of Topliss-reactive ketones (excluding diaryl/α,β-unsaturated/α-hetero) is 1. The summed E-state index contributed by atoms with van der Waals surface area (Å²) in [6.45, 7) is 0. The number of hydrogen-bond acceptors (Lipinski definition) is 3. The van der Waals surface area contributed by atoms with E-state index in [-0.39, 0.29) is 11.5 Å². The molecule has 0 saturated carbocycles. The molecule has 14 heavy (non-hydrogen) atoms. The molecule has 0 radical (unpaired) electrons. The lowest BCUT2D eigenvalue weighted by molar-refractivity contribution is -0.385. The Labute approximate surface area is 102 Å². The van der Waals surface area contributed by atoms with Gasteiger partial charge in [0.2, 0.25) is 0 Å². The van der Waals surface area contributed by atoms with Gasteiger partial charge in [0.15, 0.2) is 5.78 Å². The summed E-state index contributed by atoms with van der Waals surface area (Å²) < 4.78 is 0.698. The van der Waals surface area contributed by atoms with Crippen LogP contribution < -0.4 is 0 Å². The Hall–Kier alpha value is -0.500. The van der Waals surface area contributed by atoms with Gasteiger partial charge in [-0.15, -0.1) is 0 Å². The molecular formula is C8H5BrINO3. The second kappa shape index (κ2) is 4.83. The molecule has 0 unspecified atom stereocenters. The third-order valence-corrected chi connectivity index (χ3v) is 2.95. The van der Waals surface area contributed by atoms with E-state index in [1.807, 2.05) is 22.6 Å². The highest BCUT2D eigenvalue weighted by atomic mass is 127. The largest absolute Gasteiger partial charge is 0.293 e. The molecule has 1 rings (SSSR count). The Kier molecular flexibility index (Phi) is 3.99. The Morgan fingerprint density at radius 2 is 2.21 bits per heavy atom. The number of nitrogens with zero attached hydrogens (tertiary/aromatic N) is 1. The van der Waals surface area contributed by atoms with Gasteiger partial charge in [0.25, 0.3) is 5.69 Å². The number of carbonyl (C=O) groups excluding carboxylic acids is 1. The average molecular weight is 370 g/mol. The topological polar surface area (TPSA) is 60.2 Å². The molecule has 6 heteroatoms. The van der Waals surface area contributed by atoms with E-state index in [1.165, 1.54) is 12.1 Å². The smallest absolute Gasteiger partial charge is 0.284 e. The molecule has 0 heterocycles. The summed E-state index contributed by atoms with van der Waals surface area (Å²) >= 11 is 4.97. The number of ketones is 1. The average Bonchev–Trinajstić information content (AvgIpc) is 2.17. The Balaban J connectivity index is 3.19. The molecule has 0 atom stereocenters. The minimum atomic E-state index is -0.520. The van der Waals surface area contributed by atoms with Crippen molar-refractivity contribution < 1.29 is 9.72 Å². The first kappa shape index (κ1) is 11.6. The predicted octanol–water partition coefficient (Wildman–Crippen LogP) is 2.98. The van der Waals surface area contributed by atoms with Crippen LogP contribution in [-0.2, 0) is 0 Å². The monoisotopic (exact) mass is 369 g/mol. The number of rotatable bonds is 3. The van der Waals surface area contributed by atoms with Crippen molar-refractivity contribution in [3.05, 3.63) is 38.3 Å². The van der Waals surface area contributed by atoms with Crippen LogP contribution in [0.2, 0.25) is 0 Å². The minimum absolute atomic E-state index is 0.0827. The van der Waals surface area contributed by atoms with E-state index in [9.17, 15) is 14.9 Å². The number of nitro groups is 1. The molecule has 0 N–H and O–H groups in total. The molecule has 0 aliphatic carbocycles. The first-order chi connectivity index (χ1) is 6.56. The van der Waals surface area contributed by atoms with Gasteiger partial charge < -0.3 is 0 Å². The van der Waals surface area contributed by atoms with E-state index in [0.29, 0.717) is 14.5 Å². The maximum Gasteiger partial charge on any atom is 0.284 e. The molecule has 0 fully saturated rings. The lowest BCUT2D eigenvalue weighted by Gasteiger charge is -1.98. The van der Waals surface area contributed by atoms with Crippen molar-refractivity contribution >= 4 is 50.0 Å². The molecule has 0 aliphatic rings. The van der Waals surface area contributed by atoms with Crippen LogP contribution in [0, 0.1) is 10.1 Å². The molecular weight excluding hydrogens is 365 g/mol. The normalized spacial score (nSPS) is 9.86. The number of nitro benzene ring substituents is 1. The summed E-state index contributed by atoms with van der Waals surface area (Å²) in [5.41, 5.74) is 0.287. The van der Waals surface area contributed by atoms with Crippen molar-refractivity contribution in [2.24, 2.45) is 0 Å². The van der Waals surface area contributed by atoms with Crippen molar-refractivity contribution in [3.63, 3.8) is 0 Å². The zero-order valence-electron chi connectivity index (χ0n) is 6.87. The zero-order valence-corrected chi connectivity index (χ0v) is 10.6. The van der Waals surface area contributed by atoms with Gasteiger partial charge in [-0.3, -0.25) is 14.9 Å². The number of alkyl halides is 1. The summed E-state index contributed by atoms with van der Waals surface area (Å²) in [6, 6.07) is 4.36. The predicted molar refractivity (Wildman–Crippen MR) is 64.0 cm³/mol. The third-order valence-electron chi connectivity index (χ3n) is 1.59. The van der Waals surface area contributed by atoms with E-state index < -0.39 is 4.92 Å². The maximum atomic E-state index is 11.3. The van der Waals surface area contributed by atoms with Crippen molar-refractivity contribution in [1.82, 2.24) is 0 Å². The molecule has 1 aromatic carbocycles. The summed E-state index contributed by atoms with van der Waals surface area (Å²) in [5, 5.41) is 10.5. The van der Waals surface area contributed by atoms with Crippen LogP contribution in [0.3, 0.4) is 0 Å². The molecule has 0 bridgehead atoms. The highest BCUT2D eigenvalue weighted by Crippen LogP contribution is 2.25. The van der Waals surface area contributed by atoms with Gasteiger partial charge in [-0.25, -0.2) is 0 Å². The number of hydrogen-bond donors (Lipinski definition) is 0. The minimum Gasteiger partial charge on any atom is -0.293 e. The summed E-state index contributed by atoms with van der Waals surface area (Å²) in [7, 11) is 0. The third kappa shape index (κ3) is 2.50. The standard InChI is InChI=1S/C8H5BrINO3/c9-6-2-1-5(8(12)4-10)3-7(6)11(13)14/h1-3H,4H2. The molecule has 0 aromatic heterocycles. The molecule has 0 spiro atoms. The van der Waals surface area contributed by atoms with Gasteiger partial charge in [0.05, 0.1) is 13.8 Å². The van der Waals surface area contributed by atoms with E-state index in [2.05, 4.69) is 15.9 Å². The zero-order chi connectivity index (χ0) is 10.7. The molecule has 0 saturated heterocycles. The Bertz CT molecular complexity index is 394.